The van der Waals surface area contributed by atoms with E-state index in [4.69, 9.17) is 11.5 Å². The summed E-state index contributed by atoms with van der Waals surface area (Å²) in [6, 6.07) is 3.83. The Labute approximate surface area is 72.6 Å². The van der Waals surface area contributed by atoms with E-state index in [1.165, 1.54) is 24.0 Å². The Balaban J connectivity index is 2.57. The molecule has 0 radical (unpaired) electrons. The van der Waals surface area contributed by atoms with Crippen LogP contribution in [0.5, 0.6) is 0 Å². The maximum Gasteiger partial charge on any atom is 0.0350 e. The molecular weight excluding hydrogens is 148 g/mol. The van der Waals surface area contributed by atoms with E-state index >= 15 is 0 Å². The minimum absolute atomic E-state index is 0.916. The zero-order valence-electron chi connectivity index (χ0n) is 7.14. The largest absolute Gasteiger partial charge is 0.398 e. The topological polar surface area (TPSA) is 52.0 Å². The van der Waals surface area contributed by atoms with Gasteiger partial charge in [0.1, 0.15) is 0 Å². The SMILES string of the molecule is Nc1ccc(N)c2c1CCCC2. The van der Waals surface area contributed by atoms with Gasteiger partial charge >= 0.3 is 0 Å². The van der Waals surface area contributed by atoms with E-state index in [1.54, 1.807) is 0 Å². The van der Waals surface area contributed by atoms with Gasteiger partial charge in [0.05, 0.1) is 0 Å². The Bertz CT molecular complexity index is 274. The molecular formula is C10H14N2. The molecule has 0 bridgehead atoms. The highest BCUT2D eigenvalue weighted by Gasteiger charge is 2.13. The minimum atomic E-state index is 0.916. The fraction of sp³-hybridized carbons (Fsp3) is 0.400. The van der Waals surface area contributed by atoms with Crippen molar-refractivity contribution >= 4 is 11.4 Å². The maximum atomic E-state index is 5.85. The van der Waals surface area contributed by atoms with Gasteiger partial charge in [-0.05, 0) is 48.9 Å². The van der Waals surface area contributed by atoms with Crippen LogP contribution in [0.2, 0.25) is 0 Å². The molecule has 0 saturated carbocycles. The first-order valence-corrected chi connectivity index (χ1v) is 4.45. The second-order valence-electron chi connectivity index (χ2n) is 3.41. The first-order chi connectivity index (χ1) is 5.79. The number of rotatable bonds is 0. The van der Waals surface area contributed by atoms with Crippen molar-refractivity contribution in [2.75, 3.05) is 11.5 Å². The second kappa shape index (κ2) is 2.70. The molecule has 2 rings (SSSR count). The number of fused-ring (bicyclic) bond motifs is 1. The van der Waals surface area contributed by atoms with Crippen LogP contribution in [-0.2, 0) is 12.8 Å². The third-order valence-electron chi connectivity index (χ3n) is 2.61. The Morgan fingerprint density at radius 1 is 0.833 bits per heavy atom. The predicted octanol–water partition coefficient (Wildman–Crippen LogP) is 1.73. The monoisotopic (exact) mass is 162 g/mol. The molecule has 0 aliphatic heterocycles. The summed E-state index contributed by atoms with van der Waals surface area (Å²) in [4.78, 5) is 0. The number of hydrogen-bond acceptors (Lipinski definition) is 2. The molecule has 2 nitrogen and oxygen atoms in total. The van der Waals surface area contributed by atoms with Crippen LogP contribution >= 0.6 is 0 Å². The van der Waals surface area contributed by atoms with Crippen molar-refractivity contribution in [2.45, 2.75) is 25.7 Å². The Hall–Kier alpha value is -1.18. The summed E-state index contributed by atoms with van der Waals surface area (Å²) in [5, 5.41) is 0. The van der Waals surface area contributed by atoms with Crippen molar-refractivity contribution in [2.24, 2.45) is 0 Å². The lowest BCUT2D eigenvalue weighted by atomic mass is 9.89. The zero-order chi connectivity index (χ0) is 8.55. The van der Waals surface area contributed by atoms with Gasteiger partial charge in [0, 0.05) is 11.4 Å². The van der Waals surface area contributed by atoms with Crippen LogP contribution in [0.25, 0.3) is 0 Å². The van der Waals surface area contributed by atoms with Crippen LogP contribution in [0.1, 0.15) is 24.0 Å². The lowest BCUT2D eigenvalue weighted by Gasteiger charge is -2.19. The quantitative estimate of drug-likeness (QED) is 0.571. The van der Waals surface area contributed by atoms with Gasteiger partial charge in [0.25, 0.3) is 0 Å². The van der Waals surface area contributed by atoms with Gasteiger partial charge < -0.3 is 11.5 Å². The van der Waals surface area contributed by atoms with Crippen LogP contribution < -0.4 is 11.5 Å². The number of nitrogen functional groups attached to an aromatic ring is 2. The average Bonchev–Trinajstić information content (AvgIpc) is 2.12. The van der Waals surface area contributed by atoms with E-state index in [2.05, 4.69) is 0 Å². The van der Waals surface area contributed by atoms with Crippen LogP contribution in [0.4, 0.5) is 11.4 Å². The fourth-order valence-corrected chi connectivity index (χ4v) is 1.92. The highest BCUT2D eigenvalue weighted by atomic mass is 14.6. The van der Waals surface area contributed by atoms with Crippen LogP contribution in [0, 0.1) is 0 Å². The third-order valence-corrected chi connectivity index (χ3v) is 2.61. The van der Waals surface area contributed by atoms with Crippen LogP contribution in [0.3, 0.4) is 0 Å². The van der Waals surface area contributed by atoms with Crippen LogP contribution in [0.15, 0.2) is 12.1 Å². The van der Waals surface area contributed by atoms with Crippen molar-refractivity contribution in [3.63, 3.8) is 0 Å². The smallest absolute Gasteiger partial charge is 0.0350 e. The van der Waals surface area contributed by atoms with Gasteiger partial charge in [-0.3, -0.25) is 0 Å². The molecule has 1 aromatic rings. The van der Waals surface area contributed by atoms with E-state index in [-0.39, 0.29) is 0 Å². The Morgan fingerprint density at radius 2 is 1.25 bits per heavy atom. The van der Waals surface area contributed by atoms with Gasteiger partial charge in [-0.2, -0.15) is 0 Å². The molecule has 2 heteroatoms. The fourth-order valence-electron chi connectivity index (χ4n) is 1.92. The minimum Gasteiger partial charge on any atom is -0.398 e. The van der Waals surface area contributed by atoms with E-state index in [0.717, 1.165) is 24.2 Å². The molecule has 12 heavy (non-hydrogen) atoms. The summed E-state index contributed by atoms with van der Waals surface area (Å²) in [7, 11) is 0. The van der Waals surface area contributed by atoms with E-state index < -0.39 is 0 Å². The van der Waals surface area contributed by atoms with Crippen molar-refractivity contribution in [1.82, 2.24) is 0 Å². The number of nitrogens with two attached hydrogens (primary N) is 2. The molecule has 1 aliphatic rings. The molecule has 64 valence electrons. The molecule has 0 saturated heterocycles. The molecule has 1 aromatic carbocycles. The van der Waals surface area contributed by atoms with Crippen molar-refractivity contribution in [3.8, 4) is 0 Å². The second-order valence-corrected chi connectivity index (χ2v) is 3.41. The summed E-state index contributed by atoms with van der Waals surface area (Å²) in [6.45, 7) is 0. The van der Waals surface area contributed by atoms with Crippen LogP contribution in [-0.4, -0.2) is 0 Å². The molecule has 0 fully saturated rings. The molecule has 4 N–H and O–H groups in total. The number of benzene rings is 1. The lowest BCUT2D eigenvalue weighted by molar-refractivity contribution is 0.689. The summed E-state index contributed by atoms with van der Waals surface area (Å²) in [6.07, 6.45) is 4.71. The summed E-state index contributed by atoms with van der Waals surface area (Å²) < 4.78 is 0. The van der Waals surface area contributed by atoms with Gasteiger partial charge in [0.15, 0.2) is 0 Å². The Kier molecular flexibility index (Phi) is 1.68. The van der Waals surface area contributed by atoms with Gasteiger partial charge in [0.2, 0.25) is 0 Å². The molecule has 0 aromatic heterocycles. The predicted molar refractivity (Wildman–Crippen MR) is 51.9 cm³/mol. The highest BCUT2D eigenvalue weighted by Crippen LogP contribution is 2.30. The first kappa shape index (κ1) is 7.47. The molecule has 0 atom stereocenters. The van der Waals surface area contributed by atoms with Crippen molar-refractivity contribution in [1.29, 1.82) is 0 Å². The number of anilines is 2. The zero-order valence-corrected chi connectivity index (χ0v) is 7.14. The molecule has 1 aliphatic carbocycles. The normalized spacial score (nSPS) is 15.7. The van der Waals surface area contributed by atoms with Crippen molar-refractivity contribution in [3.05, 3.63) is 23.3 Å². The van der Waals surface area contributed by atoms with E-state index in [9.17, 15) is 0 Å². The Morgan fingerprint density at radius 3 is 1.67 bits per heavy atom. The van der Waals surface area contributed by atoms with Gasteiger partial charge in [-0.15, -0.1) is 0 Å². The lowest BCUT2D eigenvalue weighted by Crippen LogP contribution is -2.08. The molecule has 0 amide bonds. The third kappa shape index (κ3) is 1.04. The molecule has 0 unspecified atom stereocenters. The molecule has 0 heterocycles. The standard InChI is InChI=1S/C10H14N2/c11-9-5-6-10(12)8-4-2-1-3-7(8)9/h5-6H,1-4,11-12H2. The molecule has 0 spiro atoms. The summed E-state index contributed by atoms with van der Waals surface area (Å²) in [5.74, 6) is 0. The maximum absolute atomic E-state index is 5.85. The highest BCUT2D eigenvalue weighted by molar-refractivity contribution is 5.62. The first-order valence-electron chi connectivity index (χ1n) is 4.45. The summed E-state index contributed by atoms with van der Waals surface area (Å²) in [5.41, 5.74) is 16.1. The van der Waals surface area contributed by atoms with Crippen molar-refractivity contribution < 1.29 is 0 Å². The van der Waals surface area contributed by atoms with E-state index in [1.807, 2.05) is 12.1 Å². The summed E-state index contributed by atoms with van der Waals surface area (Å²) >= 11 is 0. The average molecular weight is 162 g/mol. The van der Waals surface area contributed by atoms with E-state index in [0.29, 0.717) is 0 Å². The van der Waals surface area contributed by atoms with Gasteiger partial charge in [-0.25, -0.2) is 0 Å². The number of hydrogen-bond donors (Lipinski definition) is 2. The van der Waals surface area contributed by atoms with Gasteiger partial charge in [-0.1, -0.05) is 0 Å².